The van der Waals surface area contributed by atoms with Gasteiger partial charge in [-0.05, 0) is 37.0 Å². The Kier molecular flexibility index (Phi) is 2.58. The number of rotatable bonds is 2. The zero-order valence-corrected chi connectivity index (χ0v) is 9.34. The lowest BCUT2D eigenvalue weighted by molar-refractivity contribution is 0.323. The van der Waals surface area contributed by atoms with Crippen molar-refractivity contribution in [3.63, 3.8) is 0 Å². The predicted octanol–water partition coefficient (Wildman–Crippen LogP) is 3.29. The van der Waals surface area contributed by atoms with Crippen LogP contribution < -0.4 is 4.74 Å². The molecule has 0 unspecified atom stereocenters. The van der Waals surface area contributed by atoms with Crippen molar-refractivity contribution in [3.05, 3.63) is 28.8 Å². The van der Waals surface area contributed by atoms with E-state index >= 15 is 0 Å². The van der Waals surface area contributed by atoms with E-state index in [4.69, 9.17) is 16.3 Å². The summed E-state index contributed by atoms with van der Waals surface area (Å²) in [5.74, 6) is 0.660. The lowest BCUT2D eigenvalue weighted by Crippen LogP contribution is -2.32. The largest absolute Gasteiger partial charge is 0.495 e. The number of benzene rings is 1. The number of nitrogens with zero attached hydrogens (tertiary/aromatic N) is 1. The van der Waals surface area contributed by atoms with Gasteiger partial charge >= 0.3 is 0 Å². The Hall–Kier alpha value is -1.20. The van der Waals surface area contributed by atoms with Crippen LogP contribution in [0.15, 0.2) is 18.2 Å². The van der Waals surface area contributed by atoms with Gasteiger partial charge < -0.3 is 4.74 Å². The first-order valence-corrected chi connectivity index (χ1v) is 5.35. The molecule has 0 spiro atoms. The monoisotopic (exact) mass is 221 g/mol. The van der Waals surface area contributed by atoms with E-state index in [-0.39, 0.29) is 5.41 Å². The molecular weight excluding hydrogens is 210 g/mol. The van der Waals surface area contributed by atoms with E-state index in [1.54, 1.807) is 7.11 Å². The molecule has 2 rings (SSSR count). The highest BCUT2D eigenvalue weighted by atomic mass is 35.5. The Morgan fingerprint density at radius 3 is 2.60 bits per heavy atom. The van der Waals surface area contributed by atoms with Crippen LogP contribution in [0.5, 0.6) is 5.75 Å². The van der Waals surface area contributed by atoms with Gasteiger partial charge in [-0.1, -0.05) is 17.7 Å². The minimum absolute atomic E-state index is 0.296. The molecule has 1 aromatic rings. The first-order chi connectivity index (χ1) is 7.22. The standard InChI is InChI=1S/C12H12ClNO/c1-15-11-4-3-9(7-10(11)13)12(8-14)5-2-6-12/h3-4,7H,2,5-6H2,1H3. The van der Waals surface area contributed by atoms with Crippen LogP contribution in [0.3, 0.4) is 0 Å². The summed E-state index contributed by atoms with van der Waals surface area (Å²) >= 11 is 6.04. The SMILES string of the molecule is COc1ccc(C2(C#N)CCC2)cc1Cl. The number of hydrogen-bond acceptors (Lipinski definition) is 2. The zero-order chi connectivity index (χ0) is 10.9. The summed E-state index contributed by atoms with van der Waals surface area (Å²) in [6, 6.07) is 8.01. The summed E-state index contributed by atoms with van der Waals surface area (Å²) in [6.07, 6.45) is 3.00. The Bertz CT molecular complexity index is 418. The first-order valence-electron chi connectivity index (χ1n) is 4.97. The van der Waals surface area contributed by atoms with Crippen LogP contribution in [0.4, 0.5) is 0 Å². The highest BCUT2D eigenvalue weighted by Crippen LogP contribution is 2.44. The van der Waals surface area contributed by atoms with Crippen molar-refractivity contribution in [2.24, 2.45) is 0 Å². The van der Waals surface area contributed by atoms with Crippen molar-refractivity contribution in [1.29, 1.82) is 5.26 Å². The zero-order valence-electron chi connectivity index (χ0n) is 8.59. The molecule has 1 aliphatic rings. The van der Waals surface area contributed by atoms with Crippen LogP contribution >= 0.6 is 11.6 Å². The summed E-state index contributed by atoms with van der Waals surface area (Å²) < 4.78 is 5.08. The van der Waals surface area contributed by atoms with E-state index in [0.29, 0.717) is 10.8 Å². The van der Waals surface area contributed by atoms with E-state index in [0.717, 1.165) is 24.8 Å². The van der Waals surface area contributed by atoms with Gasteiger partial charge in [0.1, 0.15) is 5.75 Å². The molecular formula is C12H12ClNO. The highest BCUT2D eigenvalue weighted by molar-refractivity contribution is 6.32. The van der Waals surface area contributed by atoms with E-state index in [9.17, 15) is 5.26 Å². The second-order valence-corrected chi connectivity index (χ2v) is 4.30. The van der Waals surface area contributed by atoms with E-state index < -0.39 is 0 Å². The normalized spacial score (nSPS) is 17.7. The molecule has 2 nitrogen and oxygen atoms in total. The fourth-order valence-electron chi connectivity index (χ4n) is 1.96. The van der Waals surface area contributed by atoms with Gasteiger partial charge in [0.05, 0.1) is 23.6 Å². The molecule has 0 N–H and O–H groups in total. The van der Waals surface area contributed by atoms with Crippen molar-refractivity contribution in [2.75, 3.05) is 7.11 Å². The van der Waals surface area contributed by atoms with Crippen LogP contribution in [0, 0.1) is 11.3 Å². The average Bonchev–Trinajstić information content (AvgIpc) is 2.17. The van der Waals surface area contributed by atoms with Gasteiger partial charge in [0.25, 0.3) is 0 Å². The molecule has 0 amide bonds. The molecule has 15 heavy (non-hydrogen) atoms. The van der Waals surface area contributed by atoms with Gasteiger partial charge in [-0.3, -0.25) is 0 Å². The summed E-state index contributed by atoms with van der Waals surface area (Å²) in [7, 11) is 1.59. The summed E-state index contributed by atoms with van der Waals surface area (Å²) in [5.41, 5.74) is 0.720. The van der Waals surface area contributed by atoms with Crippen molar-refractivity contribution in [1.82, 2.24) is 0 Å². The van der Waals surface area contributed by atoms with Crippen molar-refractivity contribution < 1.29 is 4.74 Å². The van der Waals surface area contributed by atoms with Gasteiger partial charge in [0.15, 0.2) is 0 Å². The van der Waals surface area contributed by atoms with Gasteiger partial charge in [-0.25, -0.2) is 0 Å². The average molecular weight is 222 g/mol. The van der Waals surface area contributed by atoms with Crippen LogP contribution in [-0.4, -0.2) is 7.11 Å². The number of halogens is 1. The second kappa shape index (κ2) is 3.75. The number of ether oxygens (including phenoxy) is 1. The second-order valence-electron chi connectivity index (χ2n) is 3.90. The molecule has 3 heteroatoms. The Balaban J connectivity index is 2.38. The summed E-state index contributed by atoms with van der Waals surface area (Å²) in [5, 5.41) is 9.76. The maximum absolute atomic E-state index is 9.18. The lowest BCUT2D eigenvalue weighted by Gasteiger charge is -2.35. The molecule has 1 saturated carbocycles. The van der Waals surface area contributed by atoms with Crippen LogP contribution in [-0.2, 0) is 5.41 Å². The molecule has 1 fully saturated rings. The van der Waals surface area contributed by atoms with Crippen LogP contribution in [0.1, 0.15) is 24.8 Å². The Morgan fingerprint density at radius 2 is 2.20 bits per heavy atom. The van der Waals surface area contributed by atoms with Gasteiger partial charge in [-0.15, -0.1) is 0 Å². The number of methoxy groups -OCH3 is 1. The lowest BCUT2D eigenvalue weighted by atomic mass is 9.65. The van der Waals surface area contributed by atoms with Crippen molar-refractivity contribution in [3.8, 4) is 11.8 Å². The van der Waals surface area contributed by atoms with Crippen molar-refractivity contribution in [2.45, 2.75) is 24.7 Å². The molecule has 0 radical (unpaired) electrons. The molecule has 1 aliphatic carbocycles. The molecule has 78 valence electrons. The van der Waals surface area contributed by atoms with Gasteiger partial charge in [0.2, 0.25) is 0 Å². The summed E-state index contributed by atoms with van der Waals surface area (Å²) in [4.78, 5) is 0. The molecule has 0 aliphatic heterocycles. The molecule has 0 saturated heterocycles. The summed E-state index contributed by atoms with van der Waals surface area (Å²) in [6.45, 7) is 0. The molecule has 0 aromatic heterocycles. The Morgan fingerprint density at radius 1 is 1.47 bits per heavy atom. The molecule has 0 bridgehead atoms. The first kappa shape index (κ1) is 10.3. The quantitative estimate of drug-likeness (QED) is 0.768. The maximum Gasteiger partial charge on any atom is 0.137 e. The smallest absolute Gasteiger partial charge is 0.137 e. The van der Waals surface area contributed by atoms with E-state index in [1.807, 2.05) is 18.2 Å². The molecule has 0 heterocycles. The van der Waals surface area contributed by atoms with Crippen LogP contribution in [0.25, 0.3) is 0 Å². The fraction of sp³-hybridized carbons (Fsp3) is 0.417. The minimum atomic E-state index is -0.296. The third-order valence-electron chi connectivity index (χ3n) is 3.13. The number of nitriles is 1. The van der Waals surface area contributed by atoms with E-state index in [1.165, 1.54) is 0 Å². The molecule has 0 atom stereocenters. The number of hydrogen-bond donors (Lipinski definition) is 0. The Labute approximate surface area is 94.4 Å². The van der Waals surface area contributed by atoms with Gasteiger partial charge in [0, 0.05) is 0 Å². The van der Waals surface area contributed by atoms with Gasteiger partial charge in [-0.2, -0.15) is 5.26 Å². The third-order valence-corrected chi connectivity index (χ3v) is 3.42. The predicted molar refractivity (Wildman–Crippen MR) is 59.1 cm³/mol. The van der Waals surface area contributed by atoms with E-state index in [2.05, 4.69) is 6.07 Å². The minimum Gasteiger partial charge on any atom is -0.495 e. The highest BCUT2D eigenvalue weighted by Gasteiger charge is 2.39. The molecule has 1 aromatic carbocycles. The maximum atomic E-state index is 9.18. The van der Waals surface area contributed by atoms with Crippen LogP contribution in [0.2, 0.25) is 5.02 Å². The van der Waals surface area contributed by atoms with Crippen molar-refractivity contribution >= 4 is 11.6 Å². The fourth-order valence-corrected chi connectivity index (χ4v) is 2.22. The topological polar surface area (TPSA) is 33.0 Å². The third kappa shape index (κ3) is 1.57.